The minimum Gasteiger partial charge on any atom is -0.419 e. The molecule has 2 aromatic carbocycles. The Kier molecular flexibility index (Phi) is 7.52. The molecular formula is C25H27N5O4S. The summed E-state index contributed by atoms with van der Waals surface area (Å²) in [5, 5.41) is 8.70. The van der Waals surface area contributed by atoms with Gasteiger partial charge in [0.1, 0.15) is 0 Å². The van der Waals surface area contributed by atoms with Crippen LogP contribution in [0.15, 0.2) is 57.7 Å². The summed E-state index contributed by atoms with van der Waals surface area (Å²) in [6.07, 6.45) is 0.668. The van der Waals surface area contributed by atoms with E-state index < -0.39 is 0 Å². The average molecular weight is 494 g/mol. The lowest BCUT2D eigenvalue weighted by Gasteiger charge is -2.25. The van der Waals surface area contributed by atoms with Gasteiger partial charge in [-0.3, -0.25) is 14.2 Å². The highest BCUT2D eigenvalue weighted by atomic mass is 32.1. The molecule has 4 rings (SSSR count). The van der Waals surface area contributed by atoms with E-state index in [4.69, 9.17) is 21.4 Å². The standard InChI is InChI=1S/C25H27N5O4S/c1-16(2)30(15-21-27-28-22(34-21)17-8-5-4-6-9-17)23(31)18-10-11-19-20(14-18)26-25(35)29(24(19)32)12-7-13-33-3/h4-6,8-11,14,16H,7,12-13,15H2,1-3H3,(H,26,35). The predicted octanol–water partition coefficient (Wildman–Crippen LogP) is 4.20. The van der Waals surface area contributed by atoms with Gasteiger partial charge in [0.05, 0.1) is 17.4 Å². The quantitative estimate of drug-likeness (QED) is 0.275. The van der Waals surface area contributed by atoms with Crippen LogP contribution in [0.5, 0.6) is 0 Å². The van der Waals surface area contributed by atoms with Gasteiger partial charge in [-0.2, -0.15) is 0 Å². The molecule has 2 heterocycles. The van der Waals surface area contributed by atoms with Gasteiger partial charge in [-0.15, -0.1) is 10.2 Å². The Hall–Kier alpha value is -3.63. The van der Waals surface area contributed by atoms with Crippen molar-refractivity contribution in [3.63, 3.8) is 0 Å². The van der Waals surface area contributed by atoms with Crippen LogP contribution in [0.1, 0.15) is 36.5 Å². The van der Waals surface area contributed by atoms with Crippen molar-refractivity contribution in [3.05, 3.63) is 75.1 Å². The normalized spacial score (nSPS) is 11.3. The van der Waals surface area contributed by atoms with E-state index in [1.54, 1.807) is 30.2 Å². The molecule has 9 nitrogen and oxygen atoms in total. The van der Waals surface area contributed by atoms with Gasteiger partial charge in [0.15, 0.2) is 4.77 Å². The van der Waals surface area contributed by atoms with E-state index in [1.165, 1.54) is 4.57 Å². The van der Waals surface area contributed by atoms with E-state index >= 15 is 0 Å². The van der Waals surface area contributed by atoms with Crippen LogP contribution in [-0.2, 0) is 17.8 Å². The number of hydrogen-bond acceptors (Lipinski definition) is 7. The number of carbonyl (C=O) groups is 1. The van der Waals surface area contributed by atoms with Crippen LogP contribution in [0.3, 0.4) is 0 Å². The van der Waals surface area contributed by atoms with E-state index in [9.17, 15) is 9.59 Å². The summed E-state index contributed by atoms with van der Waals surface area (Å²) in [5.74, 6) is 0.520. The molecule has 2 aromatic heterocycles. The molecule has 0 aliphatic carbocycles. The number of nitrogens with zero attached hydrogens (tertiary/aromatic N) is 4. The van der Waals surface area contributed by atoms with Crippen LogP contribution in [0, 0.1) is 4.77 Å². The maximum Gasteiger partial charge on any atom is 0.262 e. The number of fused-ring (bicyclic) bond motifs is 1. The van der Waals surface area contributed by atoms with Crippen molar-refractivity contribution in [2.45, 2.75) is 39.4 Å². The SMILES string of the molecule is COCCCn1c(=S)[nH]c2cc(C(=O)N(Cc3nnc(-c4ccccc4)o3)C(C)C)ccc2c1=O. The van der Waals surface area contributed by atoms with Crippen LogP contribution in [-0.4, -0.2) is 50.3 Å². The highest BCUT2D eigenvalue weighted by molar-refractivity contribution is 7.71. The molecule has 0 saturated carbocycles. The Labute approximate surface area is 207 Å². The number of carbonyl (C=O) groups excluding carboxylic acids is 1. The van der Waals surface area contributed by atoms with Crippen LogP contribution >= 0.6 is 12.2 Å². The van der Waals surface area contributed by atoms with Gasteiger partial charge >= 0.3 is 0 Å². The molecule has 1 N–H and O–H groups in total. The van der Waals surface area contributed by atoms with E-state index in [0.717, 1.165) is 5.56 Å². The number of amides is 1. The molecule has 35 heavy (non-hydrogen) atoms. The zero-order valence-electron chi connectivity index (χ0n) is 19.9. The van der Waals surface area contributed by atoms with Crippen molar-refractivity contribution in [3.8, 4) is 11.5 Å². The fourth-order valence-electron chi connectivity index (χ4n) is 3.77. The molecule has 0 atom stereocenters. The average Bonchev–Trinajstić information content (AvgIpc) is 3.33. The lowest BCUT2D eigenvalue weighted by Crippen LogP contribution is -2.36. The molecule has 0 bridgehead atoms. The summed E-state index contributed by atoms with van der Waals surface area (Å²) in [6, 6.07) is 14.3. The molecule has 182 valence electrons. The molecule has 1 amide bonds. The third-order valence-corrected chi connectivity index (χ3v) is 5.96. The predicted molar refractivity (Wildman–Crippen MR) is 135 cm³/mol. The third kappa shape index (κ3) is 5.39. The maximum atomic E-state index is 13.4. The van der Waals surface area contributed by atoms with Crippen molar-refractivity contribution in [1.29, 1.82) is 0 Å². The van der Waals surface area contributed by atoms with Crippen LogP contribution in [0.25, 0.3) is 22.4 Å². The zero-order valence-corrected chi connectivity index (χ0v) is 20.7. The topological polar surface area (TPSA) is 106 Å². The maximum absolute atomic E-state index is 13.4. The number of H-pyrrole nitrogens is 1. The number of ether oxygens (including phenoxy) is 1. The number of benzene rings is 2. The Bertz CT molecular complexity index is 1440. The van der Waals surface area contributed by atoms with Crippen molar-refractivity contribution in [2.24, 2.45) is 0 Å². The summed E-state index contributed by atoms with van der Waals surface area (Å²) >= 11 is 5.39. The number of rotatable bonds is 9. The van der Waals surface area contributed by atoms with Crippen LogP contribution in [0.4, 0.5) is 0 Å². The molecule has 0 spiro atoms. The zero-order chi connectivity index (χ0) is 24.9. The van der Waals surface area contributed by atoms with E-state index in [-0.39, 0.29) is 24.1 Å². The molecule has 10 heteroatoms. The second kappa shape index (κ2) is 10.7. The number of hydrogen-bond donors (Lipinski definition) is 1. The van der Waals surface area contributed by atoms with Crippen molar-refractivity contribution < 1.29 is 13.9 Å². The second-order valence-electron chi connectivity index (χ2n) is 8.39. The fraction of sp³-hybridized carbons (Fsp3) is 0.320. The van der Waals surface area contributed by atoms with Gasteiger partial charge in [-0.05, 0) is 62.8 Å². The summed E-state index contributed by atoms with van der Waals surface area (Å²) in [7, 11) is 1.61. The molecule has 0 fully saturated rings. The van der Waals surface area contributed by atoms with Crippen LogP contribution in [0.2, 0.25) is 0 Å². The molecule has 0 aliphatic rings. The number of nitrogens with one attached hydrogen (secondary N) is 1. The first-order chi connectivity index (χ1) is 16.9. The number of methoxy groups -OCH3 is 1. The Balaban J connectivity index is 1.59. The molecule has 0 aliphatic heterocycles. The van der Waals surface area contributed by atoms with Crippen LogP contribution < -0.4 is 5.56 Å². The summed E-state index contributed by atoms with van der Waals surface area (Å²) in [5.41, 5.74) is 1.56. The first-order valence-electron chi connectivity index (χ1n) is 11.3. The van der Waals surface area contributed by atoms with E-state index in [1.807, 2.05) is 44.2 Å². The third-order valence-electron chi connectivity index (χ3n) is 5.64. The van der Waals surface area contributed by atoms with Gasteiger partial charge in [0, 0.05) is 37.4 Å². The van der Waals surface area contributed by atoms with Gasteiger partial charge in [0.25, 0.3) is 11.5 Å². The van der Waals surface area contributed by atoms with Gasteiger partial charge in [-0.25, -0.2) is 0 Å². The van der Waals surface area contributed by atoms with E-state index in [2.05, 4.69) is 15.2 Å². The van der Waals surface area contributed by atoms with Crippen molar-refractivity contribution in [2.75, 3.05) is 13.7 Å². The smallest absolute Gasteiger partial charge is 0.262 e. The Morgan fingerprint density at radius 2 is 1.97 bits per heavy atom. The fourth-order valence-corrected chi connectivity index (χ4v) is 4.06. The highest BCUT2D eigenvalue weighted by Crippen LogP contribution is 2.20. The largest absolute Gasteiger partial charge is 0.419 e. The Morgan fingerprint density at radius 3 is 2.69 bits per heavy atom. The lowest BCUT2D eigenvalue weighted by atomic mass is 10.1. The molecular weight excluding hydrogens is 466 g/mol. The van der Waals surface area contributed by atoms with Crippen molar-refractivity contribution >= 4 is 29.0 Å². The van der Waals surface area contributed by atoms with Crippen molar-refractivity contribution in [1.82, 2.24) is 24.6 Å². The monoisotopic (exact) mass is 493 g/mol. The molecule has 0 unspecified atom stereocenters. The van der Waals surface area contributed by atoms with Gasteiger partial charge in [0.2, 0.25) is 11.8 Å². The summed E-state index contributed by atoms with van der Waals surface area (Å²) in [6.45, 7) is 4.98. The summed E-state index contributed by atoms with van der Waals surface area (Å²) in [4.78, 5) is 31.1. The minimum atomic E-state index is -0.218. The highest BCUT2D eigenvalue weighted by Gasteiger charge is 2.23. The Morgan fingerprint density at radius 1 is 1.20 bits per heavy atom. The second-order valence-corrected chi connectivity index (χ2v) is 8.77. The van der Waals surface area contributed by atoms with E-state index in [0.29, 0.717) is 52.6 Å². The first-order valence-corrected chi connectivity index (χ1v) is 11.7. The summed E-state index contributed by atoms with van der Waals surface area (Å²) < 4.78 is 12.7. The lowest BCUT2D eigenvalue weighted by molar-refractivity contribution is 0.0672. The number of aromatic nitrogens is 4. The minimum absolute atomic E-state index is 0.127. The molecule has 0 radical (unpaired) electrons. The van der Waals surface area contributed by atoms with Gasteiger partial charge in [-0.1, -0.05) is 18.2 Å². The number of aromatic amines is 1. The molecule has 0 saturated heterocycles. The first kappa shape index (κ1) is 24.5. The molecule has 4 aromatic rings. The van der Waals surface area contributed by atoms with Gasteiger partial charge < -0.3 is 19.0 Å².